The van der Waals surface area contributed by atoms with Crippen LogP contribution in [0.2, 0.25) is 0 Å². The maximum atomic E-state index is 13.9. The second-order valence-corrected chi connectivity index (χ2v) is 9.38. The van der Waals surface area contributed by atoms with Crippen LogP contribution in [0, 0.1) is 0 Å². The van der Waals surface area contributed by atoms with E-state index in [2.05, 4.69) is 49.5 Å². The minimum Gasteiger partial charge on any atom is -0.453 e. The van der Waals surface area contributed by atoms with E-state index in [0.29, 0.717) is 11.9 Å². The van der Waals surface area contributed by atoms with Gasteiger partial charge in [-0.05, 0) is 39.7 Å². The Kier molecular flexibility index (Phi) is 6.65. The molecule has 4 N–H and O–H groups in total. The van der Waals surface area contributed by atoms with Gasteiger partial charge in [0.05, 0.1) is 29.6 Å². The van der Waals surface area contributed by atoms with Gasteiger partial charge in [-0.3, -0.25) is 10.1 Å². The zero-order valence-electron chi connectivity index (χ0n) is 20.3. The van der Waals surface area contributed by atoms with Gasteiger partial charge in [0.15, 0.2) is 5.78 Å². The fourth-order valence-corrected chi connectivity index (χ4v) is 4.32. The minimum atomic E-state index is -4.70. The lowest BCUT2D eigenvalue weighted by atomic mass is 9.91. The maximum Gasteiger partial charge on any atom is 0.419 e. The van der Waals surface area contributed by atoms with E-state index in [-0.39, 0.29) is 45.6 Å². The monoisotopic (exact) mass is 504 g/mol. The van der Waals surface area contributed by atoms with Crippen LogP contribution in [-0.4, -0.2) is 52.1 Å². The number of hydrogen-bond donors (Lipinski definition) is 4. The van der Waals surface area contributed by atoms with Crippen LogP contribution in [-0.2, 0) is 10.9 Å². The third-order valence-electron chi connectivity index (χ3n) is 6.26. The number of halogens is 3. The first-order valence-electron chi connectivity index (χ1n) is 11.4. The first-order valence-corrected chi connectivity index (χ1v) is 11.4. The molecule has 192 valence electrons. The van der Waals surface area contributed by atoms with E-state index in [4.69, 9.17) is 0 Å². The summed E-state index contributed by atoms with van der Waals surface area (Å²) in [5.74, 6) is -0.316. The number of amides is 1. The van der Waals surface area contributed by atoms with E-state index in [1.807, 2.05) is 0 Å². The van der Waals surface area contributed by atoms with Crippen LogP contribution in [0.5, 0.6) is 0 Å². The smallest absolute Gasteiger partial charge is 0.419 e. The van der Waals surface area contributed by atoms with Crippen LogP contribution in [0.25, 0.3) is 22.2 Å². The zero-order valence-corrected chi connectivity index (χ0v) is 20.3. The van der Waals surface area contributed by atoms with Crippen LogP contribution < -0.4 is 16.0 Å². The van der Waals surface area contributed by atoms with Gasteiger partial charge in [0.2, 0.25) is 5.95 Å². The Morgan fingerprint density at radius 3 is 2.61 bits per heavy atom. The molecule has 3 heterocycles. The number of carbonyl (C=O) groups excluding carboxylic acids is 2. The quantitative estimate of drug-likeness (QED) is 0.362. The molecule has 1 amide bonds. The van der Waals surface area contributed by atoms with Crippen LogP contribution in [0.1, 0.15) is 49.5 Å². The number of anilines is 2. The summed E-state index contributed by atoms with van der Waals surface area (Å²) in [6.45, 7) is 6.10. The third-order valence-corrected chi connectivity index (χ3v) is 6.26. The zero-order chi connectivity index (χ0) is 26.3. The van der Waals surface area contributed by atoms with Crippen molar-refractivity contribution in [2.75, 3.05) is 24.3 Å². The Labute approximate surface area is 205 Å². The van der Waals surface area contributed by atoms with Crippen LogP contribution >= 0.6 is 0 Å². The molecule has 0 bridgehead atoms. The van der Waals surface area contributed by atoms with Gasteiger partial charge < -0.3 is 20.4 Å². The van der Waals surface area contributed by atoms with Gasteiger partial charge in [-0.15, -0.1) is 0 Å². The van der Waals surface area contributed by atoms with Crippen molar-refractivity contribution in [1.29, 1.82) is 0 Å². The molecule has 9 nitrogen and oxygen atoms in total. The number of piperidine rings is 1. The Balaban J connectivity index is 1.78. The molecule has 1 saturated heterocycles. The first-order chi connectivity index (χ1) is 16.9. The molecule has 1 aromatic carbocycles. The number of ether oxygens (including phenoxy) is 1. The number of aromatic amines is 1. The van der Waals surface area contributed by atoms with E-state index in [1.165, 1.54) is 32.4 Å². The van der Waals surface area contributed by atoms with Crippen molar-refractivity contribution in [3.05, 3.63) is 35.7 Å². The number of alkyl halides is 3. The summed E-state index contributed by atoms with van der Waals surface area (Å²) < 4.78 is 46.4. The number of nitrogens with zero attached hydrogens (tertiary/aromatic N) is 2. The Morgan fingerprint density at radius 1 is 1.25 bits per heavy atom. The molecule has 0 aliphatic carbocycles. The fourth-order valence-electron chi connectivity index (χ4n) is 4.32. The largest absolute Gasteiger partial charge is 0.453 e. The molecule has 1 fully saturated rings. The van der Waals surface area contributed by atoms with E-state index in [1.54, 1.807) is 0 Å². The number of methoxy groups -OCH3 is 1. The molecule has 1 aliphatic heterocycles. The van der Waals surface area contributed by atoms with E-state index >= 15 is 0 Å². The van der Waals surface area contributed by atoms with Crippen molar-refractivity contribution in [1.82, 2.24) is 20.3 Å². The Hall–Kier alpha value is -3.67. The van der Waals surface area contributed by atoms with Crippen molar-refractivity contribution >= 4 is 34.4 Å². The summed E-state index contributed by atoms with van der Waals surface area (Å²) >= 11 is 0. The number of ketones is 1. The number of hydrogen-bond acceptors (Lipinski definition) is 7. The van der Waals surface area contributed by atoms with Crippen molar-refractivity contribution in [2.45, 2.75) is 51.4 Å². The molecule has 12 heteroatoms. The highest BCUT2D eigenvalue weighted by Crippen LogP contribution is 2.40. The molecule has 1 aliphatic rings. The van der Waals surface area contributed by atoms with Crippen LogP contribution in [0.3, 0.4) is 0 Å². The van der Waals surface area contributed by atoms with E-state index in [9.17, 15) is 22.8 Å². The fraction of sp³-hybridized carbons (Fsp3) is 0.417. The predicted molar refractivity (Wildman–Crippen MR) is 129 cm³/mol. The normalized spacial score (nSPS) is 17.6. The molecule has 4 rings (SSSR count). The summed E-state index contributed by atoms with van der Waals surface area (Å²) in [5, 5.41) is 9.33. The van der Waals surface area contributed by atoms with Gasteiger partial charge in [-0.1, -0.05) is 6.07 Å². The van der Waals surface area contributed by atoms with Gasteiger partial charge in [0.25, 0.3) is 0 Å². The number of H-pyrrole nitrogens is 1. The predicted octanol–water partition coefficient (Wildman–Crippen LogP) is 4.97. The SMILES string of the molecule is COC(=O)Nc1ccc2c(-c3nc(N[C@H]4CCC(C)(C)NC4)ncc3C(F)(F)F)c[nH]c2c1C(C)=O. The molecule has 3 aromatic rings. The lowest BCUT2D eigenvalue weighted by Crippen LogP contribution is -2.50. The summed E-state index contributed by atoms with van der Waals surface area (Å²) in [5.41, 5.74) is -0.629. The molecule has 2 aromatic heterocycles. The molecular weight excluding hydrogens is 477 g/mol. The van der Waals surface area contributed by atoms with Gasteiger partial charge in [-0.2, -0.15) is 13.2 Å². The van der Waals surface area contributed by atoms with Gasteiger partial charge >= 0.3 is 12.3 Å². The molecule has 36 heavy (non-hydrogen) atoms. The maximum absolute atomic E-state index is 13.9. The van der Waals surface area contributed by atoms with Gasteiger partial charge in [0.1, 0.15) is 5.56 Å². The van der Waals surface area contributed by atoms with Crippen molar-refractivity contribution in [2.24, 2.45) is 0 Å². The lowest BCUT2D eigenvalue weighted by Gasteiger charge is -2.36. The standard InChI is InChI=1S/C24H27F3N6O3/c1-12(34)18-17(32-22(35)36-4)6-5-14-15(10-28-20(14)18)19-16(24(25,26)27)11-29-21(33-19)31-13-7-8-23(2,3)30-9-13/h5-6,10-11,13,28,30H,7-9H2,1-4H3,(H,32,35)(H,29,31,33)/t13-/m0/s1. The number of aromatic nitrogens is 3. The number of benzene rings is 1. The van der Waals surface area contributed by atoms with E-state index in [0.717, 1.165) is 19.0 Å². The number of nitrogens with one attached hydrogen (secondary N) is 4. The van der Waals surface area contributed by atoms with Crippen LogP contribution in [0.4, 0.5) is 29.6 Å². The average Bonchev–Trinajstić information content (AvgIpc) is 3.23. The molecule has 0 radical (unpaired) electrons. The Bertz CT molecular complexity index is 1310. The highest BCUT2D eigenvalue weighted by atomic mass is 19.4. The molecule has 0 saturated carbocycles. The topological polar surface area (TPSA) is 121 Å². The summed E-state index contributed by atoms with van der Waals surface area (Å²) in [6.07, 6.45) is -1.66. The molecule has 1 atom stereocenters. The number of carbonyl (C=O) groups is 2. The molecule has 0 unspecified atom stereocenters. The molecular formula is C24H27F3N6O3. The minimum absolute atomic E-state index is 0.00955. The van der Waals surface area contributed by atoms with Crippen LogP contribution in [0.15, 0.2) is 24.5 Å². The Morgan fingerprint density at radius 2 is 2.00 bits per heavy atom. The number of fused-ring (bicyclic) bond motifs is 1. The van der Waals surface area contributed by atoms with Gasteiger partial charge in [0, 0.05) is 41.5 Å². The van der Waals surface area contributed by atoms with E-state index < -0.39 is 23.6 Å². The second-order valence-electron chi connectivity index (χ2n) is 9.38. The number of Topliss-reactive ketones (excluding diaryl/α,β-unsaturated/α-hetero) is 1. The number of rotatable bonds is 5. The average molecular weight is 505 g/mol. The van der Waals surface area contributed by atoms with Crippen molar-refractivity contribution < 1.29 is 27.5 Å². The second kappa shape index (κ2) is 9.41. The van der Waals surface area contributed by atoms with Crippen molar-refractivity contribution in [3.63, 3.8) is 0 Å². The van der Waals surface area contributed by atoms with Gasteiger partial charge in [-0.25, -0.2) is 14.8 Å². The summed E-state index contributed by atoms with van der Waals surface area (Å²) in [6, 6.07) is 2.92. The van der Waals surface area contributed by atoms with Crippen molar-refractivity contribution in [3.8, 4) is 11.3 Å². The highest BCUT2D eigenvalue weighted by molar-refractivity contribution is 6.14. The third kappa shape index (κ3) is 5.13. The lowest BCUT2D eigenvalue weighted by molar-refractivity contribution is -0.137. The molecule has 0 spiro atoms. The first kappa shape index (κ1) is 25.4. The highest BCUT2D eigenvalue weighted by Gasteiger charge is 2.36. The summed E-state index contributed by atoms with van der Waals surface area (Å²) in [4.78, 5) is 35.2. The summed E-state index contributed by atoms with van der Waals surface area (Å²) in [7, 11) is 1.18.